The van der Waals surface area contributed by atoms with E-state index in [0.29, 0.717) is 5.19 Å². The first-order valence-corrected chi connectivity index (χ1v) is 4.51. The largest absolute Gasteiger partial charge is 0.429 e. The first kappa shape index (κ1) is 8.12. The number of benzene rings is 1. The number of hydrogen-bond acceptors (Lipinski definition) is 5. The van der Waals surface area contributed by atoms with Crippen LogP contribution >= 0.6 is 11.5 Å². The highest BCUT2D eigenvalue weighted by atomic mass is 32.1. The van der Waals surface area contributed by atoms with Gasteiger partial charge < -0.3 is 4.74 Å². The van der Waals surface area contributed by atoms with Gasteiger partial charge in [-0.1, -0.05) is 27.3 Å². The Bertz CT molecular complexity index is 371. The Morgan fingerprint density at radius 1 is 1.23 bits per heavy atom. The monoisotopic (exact) mass is 193 g/mol. The first-order chi connectivity index (χ1) is 6.34. The third kappa shape index (κ3) is 2.00. The van der Waals surface area contributed by atoms with Crippen molar-refractivity contribution in [3.05, 3.63) is 29.8 Å². The minimum Gasteiger partial charge on any atom is -0.429 e. The molecule has 0 radical (unpaired) electrons. The number of nitrogens with zero attached hydrogens (tertiary/aromatic N) is 3. The van der Waals surface area contributed by atoms with Crippen molar-refractivity contribution in [3.63, 3.8) is 0 Å². The Labute approximate surface area is 79.3 Å². The molecular weight excluding hydrogens is 186 g/mol. The van der Waals surface area contributed by atoms with Crippen LogP contribution in [0, 0.1) is 6.92 Å². The van der Waals surface area contributed by atoms with Crippen LogP contribution < -0.4 is 4.74 Å². The Hall–Kier alpha value is -1.49. The van der Waals surface area contributed by atoms with Crippen LogP contribution in [0.15, 0.2) is 24.3 Å². The second-order valence-corrected chi connectivity index (χ2v) is 3.24. The molecule has 0 atom stereocenters. The van der Waals surface area contributed by atoms with Gasteiger partial charge in [-0.05, 0) is 24.3 Å². The Morgan fingerprint density at radius 2 is 2.00 bits per heavy atom. The molecule has 0 amide bonds. The van der Waals surface area contributed by atoms with Gasteiger partial charge in [-0.3, -0.25) is 0 Å². The number of rotatable bonds is 2. The highest BCUT2D eigenvalue weighted by Crippen LogP contribution is 2.20. The average Bonchev–Trinajstić information content (AvgIpc) is 2.62. The summed E-state index contributed by atoms with van der Waals surface area (Å²) in [6.45, 7) is 2.02. The molecule has 0 aliphatic carbocycles. The van der Waals surface area contributed by atoms with Crippen molar-refractivity contribution in [1.82, 2.24) is 14.8 Å². The maximum absolute atomic E-state index is 5.36. The van der Waals surface area contributed by atoms with Crippen LogP contribution in [-0.4, -0.2) is 14.8 Å². The molecule has 13 heavy (non-hydrogen) atoms. The summed E-state index contributed by atoms with van der Waals surface area (Å²) >= 11 is 1.13. The van der Waals surface area contributed by atoms with Crippen LogP contribution in [0.4, 0.5) is 0 Å². The van der Waals surface area contributed by atoms with Crippen LogP contribution in [0.1, 0.15) is 5.56 Å². The predicted molar refractivity (Wildman–Crippen MR) is 49.0 cm³/mol. The minimum absolute atomic E-state index is 0.462. The lowest BCUT2D eigenvalue weighted by Crippen LogP contribution is -1.83. The van der Waals surface area contributed by atoms with E-state index in [0.717, 1.165) is 17.3 Å². The van der Waals surface area contributed by atoms with Gasteiger partial charge >= 0.3 is 5.19 Å². The zero-order valence-corrected chi connectivity index (χ0v) is 7.78. The highest BCUT2D eigenvalue weighted by Gasteiger charge is 1.99. The first-order valence-electron chi connectivity index (χ1n) is 3.74. The smallest absolute Gasteiger partial charge is 0.319 e. The van der Waals surface area contributed by atoms with E-state index in [1.54, 1.807) is 0 Å². The summed E-state index contributed by atoms with van der Waals surface area (Å²) in [5.74, 6) is 0.754. The van der Waals surface area contributed by atoms with Crippen molar-refractivity contribution < 1.29 is 4.74 Å². The molecule has 1 aromatic heterocycles. The molecule has 0 saturated heterocycles. The van der Waals surface area contributed by atoms with Crippen LogP contribution in [0.25, 0.3) is 0 Å². The maximum Gasteiger partial charge on any atom is 0.319 e. The molecule has 0 bridgehead atoms. The SMILES string of the molecule is Cc1ccc(Oc2nnns2)cc1. The highest BCUT2D eigenvalue weighted by molar-refractivity contribution is 7.07. The van der Waals surface area contributed by atoms with Crippen molar-refractivity contribution in [2.24, 2.45) is 0 Å². The van der Waals surface area contributed by atoms with Crippen LogP contribution in [0.3, 0.4) is 0 Å². The van der Waals surface area contributed by atoms with Gasteiger partial charge in [-0.25, -0.2) is 0 Å². The van der Waals surface area contributed by atoms with Crippen molar-refractivity contribution >= 4 is 11.5 Å². The third-order valence-electron chi connectivity index (χ3n) is 1.51. The standard InChI is InChI=1S/C8H7N3OS/c1-6-2-4-7(5-3-6)12-8-9-10-11-13-8/h2-5H,1H3. The number of hydrogen-bond donors (Lipinski definition) is 0. The second kappa shape index (κ2) is 3.49. The molecule has 1 aromatic carbocycles. The predicted octanol–water partition coefficient (Wildman–Crippen LogP) is 2.03. The van der Waals surface area contributed by atoms with E-state index < -0.39 is 0 Å². The van der Waals surface area contributed by atoms with Crippen LogP contribution in [0.2, 0.25) is 0 Å². The molecule has 2 aromatic rings. The van der Waals surface area contributed by atoms with E-state index in [9.17, 15) is 0 Å². The van der Waals surface area contributed by atoms with Crippen LogP contribution in [-0.2, 0) is 0 Å². The summed E-state index contributed by atoms with van der Waals surface area (Å²) in [7, 11) is 0. The summed E-state index contributed by atoms with van der Waals surface area (Å²) in [6.07, 6.45) is 0. The zero-order valence-electron chi connectivity index (χ0n) is 6.97. The molecule has 0 aliphatic rings. The van der Waals surface area contributed by atoms with Crippen molar-refractivity contribution in [2.75, 3.05) is 0 Å². The van der Waals surface area contributed by atoms with E-state index in [1.165, 1.54) is 5.56 Å². The Kier molecular flexibility index (Phi) is 2.18. The summed E-state index contributed by atoms with van der Waals surface area (Å²) in [5, 5.41) is 7.56. The van der Waals surface area contributed by atoms with Gasteiger partial charge in [0.05, 0.1) is 0 Å². The molecule has 0 N–H and O–H groups in total. The molecule has 66 valence electrons. The molecule has 0 saturated carbocycles. The number of ether oxygens (including phenoxy) is 1. The lowest BCUT2D eigenvalue weighted by Gasteiger charge is -1.99. The zero-order chi connectivity index (χ0) is 9.10. The van der Waals surface area contributed by atoms with Gasteiger partial charge in [0, 0.05) is 11.5 Å². The van der Waals surface area contributed by atoms with Crippen molar-refractivity contribution in [3.8, 4) is 10.9 Å². The molecule has 4 nitrogen and oxygen atoms in total. The molecule has 2 rings (SSSR count). The van der Waals surface area contributed by atoms with Gasteiger partial charge in [0.15, 0.2) is 0 Å². The lowest BCUT2D eigenvalue weighted by atomic mass is 10.2. The summed E-state index contributed by atoms with van der Waals surface area (Å²) in [5.41, 5.74) is 1.20. The number of aromatic nitrogens is 3. The van der Waals surface area contributed by atoms with E-state index in [1.807, 2.05) is 31.2 Å². The van der Waals surface area contributed by atoms with E-state index in [2.05, 4.69) is 14.8 Å². The van der Waals surface area contributed by atoms with Gasteiger partial charge in [-0.15, -0.1) is 0 Å². The van der Waals surface area contributed by atoms with Crippen molar-refractivity contribution in [1.29, 1.82) is 0 Å². The molecule has 0 fully saturated rings. The maximum atomic E-state index is 5.36. The second-order valence-electron chi connectivity index (χ2n) is 2.54. The molecule has 1 heterocycles. The third-order valence-corrected chi connectivity index (χ3v) is 1.98. The summed E-state index contributed by atoms with van der Waals surface area (Å²) in [6, 6.07) is 7.72. The quantitative estimate of drug-likeness (QED) is 0.732. The van der Waals surface area contributed by atoms with Gasteiger partial charge in [0.2, 0.25) is 0 Å². The summed E-state index contributed by atoms with van der Waals surface area (Å²) in [4.78, 5) is 0. The molecule has 0 aliphatic heterocycles. The van der Waals surface area contributed by atoms with Crippen LogP contribution in [0.5, 0.6) is 10.9 Å². The minimum atomic E-state index is 0.462. The average molecular weight is 193 g/mol. The fourth-order valence-corrected chi connectivity index (χ4v) is 1.22. The van der Waals surface area contributed by atoms with Gasteiger partial charge in [0.25, 0.3) is 0 Å². The Balaban J connectivity index is 2.15. The fourth-order valence-electron chi connectivity index (χ4n) is 0.872. The lowest BCUT2D eigenvalue weighted by molar-refractivity contribution is 0.472. The van der Waals surface area contributed by atoms with E-state index >= 15 is 0 Å². The van der Waals surface area contributed by atoms with Crippen molar-refractivity contribution in [2.45, 2.75) is 6.92 Å². The normalized spacial score (nSPS) is 9.92. The fraction of sp³-hybridized carbons (Fsp3) is 0.125. The number of aryl methyl sites for hydroxylation is 1. The van der Waals surface area contributed by atoms with Gasteiger partial charge in [-0.2, -0.15) is 0 Å². The molecular formula is C8H7N3OS. The van der Waals surface area contributed by atoms with E-state index in [4.69, 9.17) is 4.74 Å². The molecule has 5 heteroatoms. The molecule has 0 spiro atoms. The van der Waals surface area contributed by atoms with Gasteiger partial charge in [0.1, 0.15) is 5.75 Å². The summed E-state index contributed by atoms with van der Waals surface area (Å²) < 4.78 is 8.95. The Morgan fingerprint density at radius 3 is 2.62 bits per heavy atom. The van der Waals surface area contributed by atoms with E-state index in [-0.39, 0.29) is 0 Å². The molecule has 0 unspecified atom stereocenters. The topological polar surface area (TPSA) is 47.9 Å².